The highest BCUT2D eigenvalue weighted by atomic mass is 35.7. The summed E-state index contributed by atoms with van der Waals surface area (Å²) in [5.74, 6) is -0.00730. The zero-order chi connectivity index (χ0) is 14.8. The van der Waals surface area contributed by atoms with E-state index in [1.54, 1.807) is 18.1 Å². The minimum absolute atomic E-state index is 0.00730. The van der Waals surface area contributed by atoms with Gasteiger partial charge in [-0.1, -0.05) is 0 Å². The molecular weight excluding hydrogens is 322 g/mol. The first-order valence-corrected chi connectivity index (χ1v) is 9.36. The SMILES string of the molecule is COC1CCCN(C(=O)Cc2ccc(S(=O)(=O)Cl)s2)C1. The number of carbonyl (C=O) groups is 1. The molecule has 112 valence electrons. The van der Waals surface area contributed by atoms with Gasteiger partial charge in [-0.2, -0.15) is 0 Å². The van der Waals surface area contributed by atoms with Gasteiger partial charge in [0.15, 0.2) is 0 Å². The van der Waals surface area contributed by atoms with Gasteiger partial charge in [-0.05, 0) is 25.0 Å². The van der Waals surface area contributed by atoms with Crippen molar-refractivity contribution in [2.75, 3.05) is 20.2 Å². The Bertz CT molecular complexity index is 584. The number of piperidine rings is 1. The highest BCUT2D eigenvalue weighted by molar-refractivity contribution is 8.15. The number of hydrogen-bond donors (Lipinski definition) is 0. The molecule has 2 heterocycles. The maximum atomic E-state index is 12.2. The minimum Gasteiger partial charge on any atom is -0.380 e. The lowest BCUT2D eigenvalue weighted by atomic mass is 10.1. The van der Waals surface area contributed by atoms with E-state index in [0.717, 1.165) is 30.7 Å². The largest absolute Gasteiger partial charge is 0.380 e. The van der Waals surface area contributed by atoms with Gasteiger partial charge in [0.25, 0.3) is 9.05 Å². The van der Waals surface area contributed by atoms with Crippen molar-refractivity contribution < 1.29 is 17.9 Å². The van der Waals surface area contributed by atoms with Crippen LogP contribution in [0.2, 0.25) is 0 Å². The standard InChI is InChI=1S/C12H16ClNO4S2/c1-18-9-3-2-6-14(8-9)11(15)7-10-4-5-12(19-10)20(13,16)17/h4-5,9H,2-3,6-8H2,1H3. The van der Waals surface area contributed by atoms with Gasteiger partial charge in [0.1, 0.15) is 4.21 Å². The van der Waals surface area contributed by atoms with Crippen LogP contribution in [0.1, 0.15) is 17.7 Å². The summed E-state index contributed by atoms with van der Waals surface area (Å²) >= 11 is 1.04. The lowest BCUT2D eigenvalue weighted by Gasteiger charge is -2.31. The Morgan fingerprint density at radius 1 is 1.55 bits per heavy atom. The molecule has 1 aliphatic heterocycles. The Hall–Kier alpha value is -0.630. The van der Waals surface area contributed by atoms with Crippen molar-refractivity contribution in [3.05, 3.63) is 17.0 Å². The second-order valence-electron chi connectivity index (χ2n) is 4.68. The Labute approximate surface area is 126 Å². The van der Waals surface area contributed by atoms with E-state index in [4.69, 9.17) is 15.4 Å². The summed E-state index contributed by atoms with van der Waals surface area (Å²) in [6.07, 6.45) is 2.19. The van der Waals surface area contributed by atoms with E-state index in [2.05, 4.69) is 0 Å². The summed E-state index contributed by atoms with van der Waals surface area (Å²) in [6.45, 7) is 1.33. The summed E-state index contributed by atoms with van der Waals surface area (Å²) in [5.41, 5.74) is 0. The Morgan fingerprint density at radius 2 is 2.30 bits per heavy atom. The maximum Gasteiger partial charge on any atom is 0.270 e. The van der Waals surface area contributed by atoms with Gasteiger partial charge in [0.2, 0.25) is 5.91 Å². The molecule has 1 unspecified atom stereocenters. The number of hydrogen-bond acceptors (Lipinski definition) is 5. The predicted octanol–water partition coefficient (Wildman–Crippen LogP) is 1.86. The third-order valence-electron chi connectivity index (χ3n) is 3.27. The molecule has 20 heavy (non-hydrogen) atoms. The Balaban J connectivity index is 1.99. The number of nitrogens with zero attached hydrogens (tertiary/aromatic N) is 1. The smallest absolute Gasteiger partial charge is 0.270 e. The van der Waals surface area contributed by atoms with Gasteiger partial charge < -0.3 is 9.64 Å². The van der Waals surface area contributed by atoms with Crippen molar-refractivity contribution in [3.8, 4) is 0 Å². The van der Waals surface area contributed by atoms with Crippen molar-refractivity contribution in [1.29, 1.82) is 0 Å². The topological polar surface area (TPSA) is 63.7 Å². The van der Waals surface area contributed by atoms with Gasteiger partial charge >= 0.3 is 0 Å². The van der Waals surface area contributed by atoms with E-state index in [9.17, 15) is 13.2 Å². The summed E-state index contributed by atoms with van der Waals surface area (Å²) in [4.78, 5) is 14.7. The average Bonchev–Trinajstić information content (AvgIpc) is 2.87. The van der Waals surface area contributed by atoms with Crippen LogP contribution >= 0.6 is 22.0 Å². The number of methoxy groups -OCH3 is 1. The predicted molar refractivity (Wildman–Crippen MR) is 77.7 cm³/mol. The normalized spacial score (nSPS) is 20.1. The first-order valence-electron chi connectivity index (χ1n) is 6.24. The summed E-state index contributed by atoms with van der Waals surface area (Å²) in [7, 11) is 3.20. The third-order valence-corrected chi connectivity index (χ3v) is 6.44. The maximum absolute atomic E-state index is 12.2. The molecule has 1 fully saturated rings. The fraction of sp³-hybridized carbons (Fsp3) is 0.583. The fourth-order valence-corrected chi connectivity index (χ4v) is 4.32. The van der Waals surface area contributed by atoms with Gasteiger partial charge in [0, 0.05) is 35.8 Å². The summed E-state index contributed by atoms with van der Waals surface area (Å²) in [6, 6.07) is 3.07. The van der Waals surface area contributed by atoms with Crippen molar-refractivity contribution in [3.63, 3.8) is 0 Å². The quantitative estimate of drug-likeness (QED) is 0.787. The molecule has 1 aromatic rings. The van der Waals surface area contributed by atoms with E-state index in [1.807, 2.05) is 0 Å². The molecule has 0 spiro atoms. The monoisotopic (exact) mass is 337 g/mol. The molecule has 0 N–H and O–H groups in total. The Morgan fingerprint density at radius 3 is 2.90 bits per heavy atom. The summed E-state index contributed by atoms with van der Waals surface area (Å²) < 4.78 is 27.7. The van der Waals surface area contributed by atoms with Crippen LogP contribution in [0.25, 0.3) is 0 Å². The lowest BCUT2D eigenvalue weighted by Crippen LogP contribution is -2.43. The van der Waals surface area contributed by atoms with Gasteiger partial charge in [0.05, 0.1) is 12.5 Å². The molecule has 5 nitrogen and oxygen atoms in total. The number of likely N-dealkylation sites (tertiary alicyclic amines) is 1. The van der Waals surface area contributed by atoms with E-state index in [0.29, 0.717) is 11.4 Å². The van der Waals surface area contributed by atoms with E-state index in [1.165, 1.54) is 6.07 Å². The van der Waals surface area contributed by atoms with Crippen LogP contribution in [-0.4, -0.2) is 45.5 Å². The molecule has 0 saturated carbocycles. The minimum atomic E-state index is -3.71. The average molecular weight is 338 g/mol. The first kappa shape index (κ1) is 15.8. The van der Waals surface area contributed by atoms with Gasteiger partial charge in [-0.15, -0.1) is 11.3 Å². The molecule has 0 radical (unpaired) electrons. The first-order chi connectivity index (χ1) is 9.40. The highest BCUT2D eigenvalue weighted by Crippen LogP contribution is 2.25. The van der Waals surface area contributed by atoms with Crippen LogP contribution in [-0.2, 0) is 25.0 Å². The molecule has 0 aromatic carbocycles. The number of thiophene rings is 1. The highest BCUT2D eigenvalue weighted by Gasteiger charge is 2.24. The summed E-state index contributed by atoms with van der Waals surface area (Å²) in [5, 5.41) is 0. The van der Waals surface area contributed by atoms with Crippen LogP contribution in [0.15, 0.2) is 16.3 Å². The van der Waals surface area contributed by atoms with Crippen LogP contribution in [0.5, 0.6) is 0 Å². The van der Waals surface area contributed by atoms with Crippen LogP contribution in [0.4, 0.5) is 0 Å². The number of amides is 1. The van der Waals surface area contributed by atoms with Crippen molar-refractivity contribution in [2.24, 2.45) is 0 Å². The van der Waals surface area contributed by atoms with E-state index >= 15 is 0 Å². The second kappa shape index (κ2) is 6.43. The van der Waals surface area contributed by atoms with E-state index in [-0.39, 0.29) is 22.6 Å². The van der Waals surface area contributed by atoms with Crippen molar-refractivity contribution >= 4 is 37.0 Å². The fourth-order valence-electron chi connectivity index (χ4n) is 2.20. The molecule has 1 aliphatic rings. The molecule has 1 aromatic heterocycles. The zero-order valence-electron chi connectivity index (χ0n) is 11.0. The number of rotatable bonds is 4. The van der Waals surface area contributed by atoms with Crippen molar-refractivity contribution in [2.45, 2.75) is 29.6 Å². The molecule has 2 rings (SSSR count). The molecule has 8 heteroatoms. The second-order valence-corrected chi connectivity index (χ2v) is 8.64. The molecule has 1 atom stereocenters. The zero-order valence-corrected chi connectivity index (χ0v) is 13.4. The van der Waals surface area contributed by atoms with Gasteiger partial charge in [-0.25, -0.2) is 8.42 Å². The van der Waals surface area contributed by atoms with Crippen LogP contribution < -0.4 is 0 Å². The Kier molecular flexibility index (Phi) is 5.06. The number of carbonyl (C=O) groups excluding carboxylic acids is 1. The number of ether oxygens (including phenoxy) is 1. The van der Waals surface area contributed by atoms with Crippen LogP contribution in [0.3, 0.4) is 0 Å². The van der Waals surface area contributed by atoms with Gasteiger partial charge in [-0.3, -0.25) is 4.79 Å². The van der Waals surface area contributed by atoms with Crippen molar-refractivity contribution in [1.82, 2.24) is 4.90 Å². The van der Waals surface area contributed by atoms with Crippen LogP contribution in [0, 0.1) is 0 Å². The molecule has 1 amide bonds. The molecule has 0 aliphatic carbocycles. The van der Waals surface area contributed by atoms with E-state index < -0.39 is 9.05 Å². The number of halogens is 1. The molecular formula is C12H16ClNO4S2. The lowest BCUT2D eigenvalue weighted by molar-refractivity contribution is -0.133. The third kappa shape index (κ3) is 3.94. The molecule has 0 bridgehead atoms. The molecule has 1 saturated heterocycles.